The number of rotatable bonds is 22. The van der Waals surface area contributed by atoms with Gasteiger partial charge >= 0.3 is 23.9 Å². The molecule has 3 aliphatic heterocycles. The fourth-order valence-corrected chi connectivity index (χ4v) is 12.9. The first-order chi connectivity index (χ1) is 33.3. The first kappa shape index (κ1) is 53.0. The number of hydrogen-bond donors (Lipinski definition) is 0. The van der Waals surface area contributed by atoms with Gasteiger partial charge in [-0.25, -0.2) is 19.6 Å². The Labute approximate surface area is 421 Å². The van der Waals surface area contributed by atoms with E-state index < -0.39 is 53.6 Å². The van der Waals surface area contributed by atoms with Gasteiger partial charge in [0, 0.05) is 5.57 Å². The molecule has 0 saturated carbocycles. The second-order valence-corrected chi connectivity index (χ2v) is 21.3. The second kappa shape index (κ2) is 24.9. The van der Waals surface area contributed by atoms with E-state index in [9.17, 15) is 34.0 Å². The summed E-state index contributed by atoms with van der Waals surface area (Å²) in [6.07, 6.45) is 4.86. The number of carbonyl (C=O) groups is 6. The fourth-order valence-electron chi connectivity index (χ4n) is 7.52. The Bertz CT molecular complexity index is 2440. The standard InChI is InChI=1S/C52H57N3O10S4/c1-8-13-25-34(10-3)48(59)64-39-41-42(67-51(66-41)37(27-53)50(61)63-36(12-5)30-62-47(58)31(6)7)40(65-49(60)35(11-4)26-14-9-2)44-43(39)68-52(69-44)38-45(56)54(28-32-21-17-15-18-22-32)55(46(38)57)29-33-23-19-16-20-24-33/h15-24,34-36H,6,8-14,25-26,28-30H2,1-5,7H3. The van der Waals surface area contributed by atoms with Crippen LogP contribution in [0.2, 0.25) is 0 Å². The molecular formula is C52H57N3O10S4. The van der Waals surface area contributed by atoms with Crippen molar-refractivity contribution in [2.24, 2.45) is 11.8 Å². The number of carbonyl (C=O) groups excluding carboxylic acids is 6. The number of amides is 2. The molecule has 0 bridgehead atoms. The van der Waals surface area contributed by atoms with E-state index in [1.165, 1.54) is 16.9 Å². The first-order valence-electron chi connectivity index (χ1n) is 23.3. The Morgan fingerprint density at radius 3 is 1.51 bits per heavy atom. The lowest BCUT2D eigenvalue weighted by atomic mass is 10.00. The van der Waals surface area contributed by atoms with Crippen LogP contribution in [0.4, 0.5) is 0 Å². The van der Waals surface area contributed by atoms with Gasteiger partial charge in [0.05, 0.1) is 53.0 Å². The van der Waals surface area contributed by atoms with Crippen molar-refractivity contribution in [3.05, 3.63) is 104 Å². The maximum absolute atomic E-state index is 14.8. The molecule has 1 saturated heterocycles. The summed E-state index contributed by atoms with van der Waals surface area (Å²) in [6, 6.07) is 20.7. The Hall–Kier alpha value is -5.41. The highest BCUT2D eigenvalue weighted by atomic mass is 32.2. The lowest BCUT2D eigenvalue weighted by Gasteiger charge is -2.27. The molecule has 3 unspecified atom stereocenters. The highest BCUT2D eigenvalue weighted by Gasteiger charge is 2.47. The fraction of sp³-hybridized carbons (Fsp3) is 0.404. The van der Waals surface area contributed by atoms with Crippen LogP contribution in [0, 0.1) is 23.2 Å². The average Bonchev–Trinajstić information content (AvgIpc) is 4.04. The number of ether oxygens (including phenoxy) is 4. The molecule has 17 heteroatoms. The second-order valence-electron chi connectivity index (χ2n) is 16.7. The van der Waals surface area contributed by atoms with Gasteiger partial charge < -0.3 is 18.9 Å². The quantitative estimate of drug-likeness (QED) is 0.0306. The summed E-state index contributed by atoms with van der Waals surface area (Å²) in [5, 5.41) is 13.4. The predicted octanol–water partition coefficient (Wildman–Crippen LogP) is 11.7. The Kier molecular flexibility index (Phi) is 19.1. The molecule has 3 atom stereocenters. The molecule has 0 radical (unpaired) electrons. The highest BCUT2D eigenvalue weighted by molar-refractivity contribution is 8.26. The van der Waals surface area contributed by atoms with Crippen molar-refractivity contribution in [1.29, 1.82) is 5.26 Å². The molecule has 3 aromatic rings. The lowest BCUT2D eigenvalue weighted by molar-refractivity contribution is -0.153. The lowest BCUT2D eigenvalue weighted by Crippen LogP contribution is -2.39. The van der Waals surface area contributed by atoms with Crippen LogP contribution in [0.5, 0.6) is 11.5 Å². The molecule has 1 fully saturated rings. The first-order valence-corrected chi connectivity index (χ1v) is 26.6. The number of benzene rings is 3. The van der Waals surface area contributed by atoms with E-state index in [1.54, 1.807) is 6.92 Å². The Balaban J connectivity index is 1.50. The van der Waals surface area contributed by atoms with Crippen LogP contribution >= 0.6 is 47.0 Å². The normalized spacial score (nSPS) is 15.3. The van der Waals surface area contributed by atoms with Gasteiger partial charge in [0.25, 0.3) is 11.8 Å². The Morgan fingerprint density at radius 1 is 0.667 bits per heavy atom. The highest BCUT2D eigenvalue weighted by Crippen LogP contribution is 2.69. The van der Waals surface area contributed by atoms with Crippen molar-refractivity contribution >= 4 is 82.7 Å². The summed E-state index contributed by atoms with van der Waals surface area (Å²) in [7, 11) is 0. The summed E-state index contributed by atoms with van der Waals surface area (Å²) >= 11 is 4.15. The number of fused-ring (bicyclic) bond motifs is 2. The van der Waals surface area contributed by atoms with Crippen molar-refractivity contribution in [2.75, 3.05) is 6.61 Å². The predicted molar refractivity (Wildman–Crippen MR) is 267 cm³/mol. The molecule has 3 aliphatic rings. The van der Waals surface area contributed by atoms with Gasteiger partial charge in [0.15, 0.2) is 17.1 Å². The topological polar surface area (TPSA) is 170 Å². The van der Waals surface area contributed by atoms with Gasteiger partial charge in [-0.3, -0.25) is 19.2 Å². The number of nitriles is 1. The third kappa shape index (κ3) is 12.5. The number of esters is 4. The zero-order chi connectivity index (χ0) is 49.8. The van der Waals surface area contributed by atoms with E-state index in [0.717, 1.165) is 83.9 Å². The average molecular weight is 1010 g/mol. The molecule has 0 aliphatic carbocycles. The number of thioether (sulfide) groups is 4. The van der Waals surface area contributed by atoms with Gasteiger partial charge in [-0.05, 0) is 50.2 Å². The molecule has 3 aromatic carbocycles. The maximum Gasteiger partial charge on any atom is 0.351 e. The summed E-state index contributed by atoms with van der Waals surface area (Å²) in [4.78, 5) is 85.3. The van der Waals surface area contributed by atoms with E-state index >= 15 is 0 Å². The van der Waals surface area contributed by atoms with Gasteiger partial charge in [-0.1, -0.05) is 175 Å². The van der Waals surface area contributed by atoms with Crippen molar-refractivity contribution in [1.82, 2.24) is 10.0 Å². The van der Waals surface area contributed by atoms with E-state index in [-0.39, 0.29) is 58.6 Å². The maximum atomic E-state index is 14.8. The molecule has 364 valence electrons. The third-order valence-corrected chi connectivity index (χ3v) is 16.8. The minimum atomic E-state index is -0.964. The molecular weight excluding hydrogens is 955 g/mol. The third-order valence-electron chi connectivity index (χ3n) is 11.6. The SMILES string of the molecule is C=C(C)C(=O)OCC(CC)OC(=O)C(C#N)=C1Sc2c(OC(=O)C(CC)CCCC)c3c(c(OC(=O)C(CC)CCCC)c2S1)SC(=C1C(=O)N(Cc2ccccc2)N(Cc2ccccc2)C1=O)S3. The van der Waals surface area contributed by atoms with Crippen LogP contribution in [0.25, 0.3) is 0 Å². The van der Waals surface area contributed by atoms with E-state index in [0.29, 0.717) is 49.5 Å². The monoisotopic (exact) mass is 1010 g/mol. The largest absolute Gasteiger partial charge is 0.458 e. The number of hydrazine groups is 1. The molecule has 0 spiro atoms. The van der Waals surface area contributed by atoms with Crippen molar-refractivity contribution in [3.8, 4) is 17.6 Å². The van der Waals surface area contributed by atoms with E-state index in [1.807, 2.05) is 94.4 Å². The van der Waals surface area contributed by atoms with Crippen molar-refractivity contribution < 1.29 is 47.7 Å². The summed E-state index contributed by atoms with van der Waals surface area (Å²) < 4.78 is 24.3. The minimum Gasteiger partial charge on any atom is -0.458 e. The van der Waals surface area contributed by atoms with Crippen LogP contribution in [-0.4, -0.2) is 58.4 Å². The molecule has 0 aromatic heterocycles. The molecule has 3 heterocycles. The summed E-state index contributed by atoms with van der Waals surface area (Å²) in [5.74, 6) is -4.37. The molecule has 0 N–H and O–H groups in total. The minimum absolute atomic E-state index is 0.0821. The van der Waals surface area contributed by atoms with Crippen LogP contribution in [0.1, 0.15) is 110 Å². The molecule has 2 amide bonds. The molecule has 6 rings (SSSR count). The van der Waals surface area contributed by atoms with Gasteiger partial charge in [0.1, 0.15) is 24.4 Å². The summed E-state index contributed by atoms with van der Waals surface area (Å²) in [6.45, 7) is 14.7. The molecule has 69 heavy (non-hydrogen) atoms. The van der Waals surface area contributed by atoms with Crippen LogP contribution < -0.4 is 9.47 Å². The zero-order valence-corrected chi connectivity index (χ0v) is 43.0. The number of nitrogens with zero attached hydrogens (tertiary/aromatic N) is 3. The van der Waals surface area contributed by atoms with Crippen LogP contribution in [-0.2, 0) is 51.3 Å². The van der Waals surface area contributed by atoms with Gasteiger partial charge in [-0.2, -0.15) is 5.26 Å². The van der Waals surface area contributed by atoms with E-state index in [4.69, 9.17) is 18.9 Å². The van der Waals surface area contributed by atoms with Gasteiger partial charge in [-0.15, -0.1) is 0 Å². The van der Waals surface area contributed by atoms with Crippen molar-refractivity contribution in [3.63, 3.8) is 0 Å². The smallest absolute Gasteiger partial charge is 0.351 e. The Morgan fingerprint density at radius 2 is 1.12 bits per heavy atom. The number of unbranched alkanes of at least 4 members (excludes halogenated alkanes) is 2. The van der Waals surface area contributed by atoms with Crippen LogP contribution in [0.3, 0.4) is 0 Å². The molecule has 13 nitrogen and oxygen atoms in total. The van der Waals surface area contributed by atoms with E-state index in [2.05, 4.69) is 6.58 Å². The number of hydrogen-bond acceptors (Lipinski definition) is 15. The zero-order valence-electron chi connectivity index (χ0n) is 39.8. The summed E-state index contributed by atoms with van der Waals surface area (Å²) in [5.41, 5.74) is 1.37. The van der Waals surface area contributed by atoms with Crippen LogP contribution in [0.15, 0.2) is 112 Å². The van der Waals surface area contributed by atoms with Crippen molar-refractivity contribution in [2.45, 2.75) is 138 Å². The van der Waals surface area contributed by atoms with Gasteiger partial charge in [0.2, 0.25) is 0 Å².